The fourth-order valence-corrected chi connectivity index (χ4v) is 1.92. The van der Waals surface area contributed by atoms with Crippen molar-refractivity contribution in [2.75, 3.05) is 6.61 Å². The number of aliphatic hydroxyl groups excluding tert-OH is 1. The van der Waals surface area contributed by atoms with Crippen molar-refractivity contribution in [1.82, 2.24) is 5.32 Å². The van der Waals surface area contributed by atoms with Crippen molar-refractivity contribution in [2.45, 2.75) is 39.2 Å². The van der Waals surface area contributed by atoms with Crippen molar-refractivity contribution >= 4 is 17.5 Å². The SMILES string of the molecule is CCC(CC)(CO)NC(=O)c1ccc(C)c(Cl)c1. The van der Waals surface area contributed by atoms with Gasteiger partial charge in [0.25, 0.3) is 5.91 Å². The molecule has 1 aromatic carbocycles. The number of halogens is 1. The first kappa shape index (κ1) is 15.0. The molecule has 0 atom stereocenters. The van der Waals surface area contributed by atoms with Crippen molar-refractivity contribution in [2.24, 2.45) is 0 Å². The molecule has 0 aliphatic carbocycles. The number of nitrogens with one attached hydrogen (secondary N) is 1. The van der Waals surface area contributed by atoms with Gasteiger partial charge in [0.2, 0.25) is 0 Å². The molecule has 0 unspecified atom stereocenters. The largest absolute Gasteiger partial charge is 0.394 e. The predicted octanol–water partition coefficient (Wildman–Crippen LogP) is 2.93. The Morgan fingerprint density at radius 2 is 2.00 bits per heavy atom. The number of aryl methyl sites for hydroxylation is 1. The number of carbonyl (C=O) groups excluding carboxylic acids is 1. The summed E-state index contributed by atoms with van der Waals surface area (Å²) in [5.74, 6) is -0.199. The molecule has 0 fully saturated rings. The van der Waals surface area contributed by atoms with Crippen LogP contribution in [-0.2, 0) is 0 Å². The lowest BCUT2D eigenvalue weighted by Crippen LogP contribution is -2.50. The zero-order valence-corrected chi connectivity index (χ0v) is 11.8. The summed E-state index contributed by atoms with van der Waals surface area (Å²) >= 11 is 6.00. The molecule has 0 heterocycles. The number of amides is 1. The third-order valence-electron chi connectivity index (χ3n) is 3.47. The summed E-state index contributed by atoms with van der Waals surface area (Å²) in [5, 5.41) is 12.9. The van der Waals surface area contributed by atoms with Crippen LogP contribution in [0.25, 0.3) is 0 Å². The second-order valence-electron chi connectivity index (χ2n) is 4.56. The smallest absolute Gasteiger partial charge is 0.251 e. The van der Waals surface area contributed by atoms with E-state index in [1.165, 1.54) is 0 Å². The van der Waals surface area contributed by atoms with Gasteiger partial charge in [0.05, 0.1) is 12.1 Å². The highest BCUT2D eigenvalue weighted by atomic mass is 35.5. The topological polar surface area (TPSA) is 49.3 Å². The first-order chi connectivity index (χ1) is 8.48. The summed E-state index contributed by atoms with van der Waals surface area (Å²) in [7, 11) is 0. The minimum atomic E-state index is -0.547. The molecule has 4 heteroatoms. The number of carbonyl (C=O) groups is 1. The summed E-state index contributed by atoms with van der Waals surface area (Å²) in [6.07, 6.45) is 1.37. The number of benzene rings is 1. The second-order valence-corrected chi connectivity index (χ2v) is 4.97. The molecule has 1 amide bonds. The van der Waals surface area contributed by atoms with Crippen molar-refractivity contribution in [1.29, 1.82) is 0 Å². The molecular formula is C14H20ClNO2. The van der Waals surface area contributed by atoms with E-state index in [1.54, 1.807) is 12.1 Å². The van der Waals surface area contributed by atoms with Crippen LogP contribution >= 0.6 is 11.6 Å². The van der Waals surface area contributed by atoms with Crippen LogP contribution in [0.3, 0.4) is 0 Å². The predicted molar refractivity (Wildman–Crippen MR) is 74.1 cm³/mol. The molecule has 1 aromatic rings. The van der Waals surface area contributed by atoms with E-state index in [-0.39, 0.29) is 12.5 Å². The van der Waals surface area contributed by atoms with Gasteiger partial charge in [-0.05, 0) is 37.5 Å². The Labute approximate surface area is 113 Å². The first-order valence-electron chi connectivity index (χ1n) is 6.17. The third kappa shape index (κ3) is 3.24. The van der Waals surface area contributed by atoms with E-state index >= 15 is 0 Å². The zero-order chi connectivity index (χ0) is 13.8. The van der Waals surface area contributed by atoms with Gasteiger partial charge >= 0.3 is 0 Å². The van der Waals surface area contributed by atoms with Gasteiger partial charge in [-0.15, -0.1) is 0 Å². The molecule has 100 valence electrons. The van der Waals surface area contributed by atoms with Crippen molar-refractivity contribution < 1.29 is 9.90 Å². The summed E-state index contributed by atoms with van der Waals surface area (Å²) in [5.41, 5.74) is 0.909. The molecule has 0 aromatic heterocycles. The van der Waals surface area contributed by atoms with E-state index in [1.807, 2.05) is 26.8 Å². The minimum Gasteiger partial charge on any atom is -0.394 e. The maximum absolute atomic E-state index is 12.1. The number of hydrogen-bond acceptors (Lipinski definition) is 2. The Hall–Kier alpha value is -1.06. The number of aliphatic hydroxyl groups is 1. The normalized spacial score (nSPS) is 11.4. The highest BCUT2D eigenvalue weighted by molar-refractivity contribution is 6.31. The second kappa shape index (κ2) is 6.21. The molecular weight excluding hydrogens is 250 g/mol. The van der Waals surface area contributed by atoms with E-state index < -0.39 is 5.54 Å². The Balaban J connectivity index is 2.90. The van der Waals surface area contributed by atoms with Gasteiger partial charge in [-0.25, -0.2) is 0 Å². The highest BCUT2D eigenvalue weighted by Crippen LogP contribution is 2.19. The van der Waals surface area contributed by atoms with Crippen LogP contribution in [0.1, 0.15) is 42.6 Å². The molecule has 0 bridgehead atoms. The molecule has 0 saturated heterocycles. The molecule has 0 saturated carbocycles. The standard InChI is InChI=1S/C14H20ClNO2/c1-4-14(5-2,9-17)16-13(18)11-7-6-10(3)12(15)8-11/h6-8,17H,4-5,9H2,1-3H3,(H,16,18). The van der Waals surface area contributed by atoms with Crippen LogP contribution in [0.15, 0.2) is 18.2 Å². The monoisotopic (exact) mass is 269 g/mol. The lowest BCUT2D eigenvalue weighted by atomic mass is 9.93. The van der Waals surface area contributed by atoms with Crippen LogP contribution in [-0.4, -0.2) is 23.2 Å². The summed E-state index contributed by atoms with van der Waals surface area (Å²) < 4.78 is 0. The Kier molecular flexibility index (Phi) is 5.17. The van der Waals surface area contributed by atoms with Crippen LogP contribution in [0, 0.1) is 6.92 Å². The van der Waals surface area contributed by atoms with Gasteiger partial charge in [-0.3, -0.25) is 4.79 Å². The molecule has 1 rings (SSSR count). The van der Waals surface area contributed by atoms with Crippen molar-refractivity contribution in [3.05, 3.63) is 34.3 Å². The van der Waals surface area contributed by atoms with Crippen molar-refractivity contribution in [3.8, 4) is 0 Å². The van der Waals surface area contributed by atoms with E-state index in [2.05, 4.69) is 5.32 Å². The highest BCUT2D eigenvalue weighted by Gasteiger charge is 2.27. The van der Waals surface area contributed by atoms with Crippen molar-refractivity contribution in [3.63, 3.8) is 0 Å². The van der Waals surface area contributed by atoms with Crippen LogP contribution in [0.2, 0.25) is 5.02 Å². The molecule has 2 N–H and O–H groups in total. The maximum atomic E-state index is 12.1. The number of rotatable bonds is 5. The van der Waals surface area contributed by atoms with Gasteiger partial charge < -0.3 is 10.4 Å². The van der Waals surface area contributed by atoms with Crippen LogP contribution in [0.5, 0.6) is 0 Å². The van der Waals surface area contributed by atoms with Crippen LogP contribution < -0.4 is 5.32 Å². The maximum Gasteiger partial charge on any atom is 0.251 e. The van der Waals surface area contributed by atoms with Gasteiger partial charge in [0.15, 0.2) is 0 Å². The lowest BCUT2D eigenvalue weighted by Gasteiger charge is -2.30. The summed E-state index contributed by atoms with van der Waals surface area (Å²) in [6.45, 7) is 5.72. The number of hydrogen-bond donors (Lipinski definition) is 2. The summed E-state index contributed by atoms with van der Waals surface area (Å²) in [4.78, 5) is 12.1. The van der Waals surface area contributed by atoms with E-state index in [4.69, 9.17) is 11.6 Å². The molecule has 3 nitrogen and oxygen atoms in total. The van der Waals surface area contributed by atoms with Crippen LogP contribution in [0.4, 0.5) is 0 Å². The fraction of sp³-hybridized carbons (Fsp3) is 0.500. The minimum absolute atomic E-state index is 0.0642. The molecule has 0 aliphatic rings. The third-order valence-corrected chi connectivity index (χ3v) is 3.88. The first-order valence-corrected chi connectivity index (χ1v) is 6.55. The molecule has 0 radical (unpaired) electrons. The quantitative estimate of drug-likeness (QED) is 0.863. The molecule has 0 spiro atoms. The Bertz CT molecular complexity index is 420. The molecule has 0 aliphatic heterocycles. The van der Waals surface area contributed by atoms with Gasteiger partial charge in [-0.1, -0.05) is 31.5 Å². The van der Waals surface area contributed by atoms with E-state index in [9.17, 15) is 9.90 Å². The van der Waals surface area contributed by atoms with E-state index in [0.717, 1.165) is 5.56 Å². The van der Waals surface area contributed by atoms with Gasteiger partial charge in [0.1, 0.15) is 0 Å². The fourth-order valence-electron chi connectivity index (χ4n) is 1.74. The molecule has 18 heavy (non-hydrogen) atoms. The van der Waals surface area contributed by atoms with Gasteiger partial charge in [-0.2, -0.15) is 0 Å². The van der Waals surface area contributed by atoms with E-state index in [0.29, 0.717) is 23.4 Å². The Morgan fingerprint density at radius 3 is 2.44 bits per heavy atom. The average molecular weight is 270 g/mol. The van der Waals surface area contributed by atoms with Gasteiger partial charge in [0, 0.05) is 10.6 Å². The lowest BCUT2D eigenvalue weighted by molar-refractivity contribution is 0.0818. The Morgan fingerprint density at radius 1 is 1.39 bits per heavy atom. The average Bonchev–Trinajstić information content (AvgIpc) is 2.39. The summed E-state index contributed by atoms with van der Waals surface area (Å²) in [6, 6.07) is 5.21. The zero-order valence-electron chi connectivity index (χ0n) is 11.1.